The molecule has 0 bridgehead atoms. The van der Waals surface area contributed by atoms with Crippen LogP contribution in [-0.2, 0) is 4.79 Å². The highest BCUT2D eigenvalue weighted by Gasteiger charge is 2.53. The van der Waals surface area contributed by atoms with E-state index in [-0.39, 0.29) is 11.5 Å². The molecule has 136 valence electrons. The van der Waals surface area contributed by atoms with Crippen molar-refractivity contribution < 1.29 is 14.3 Å². The number of hydrogen-bond donors (Lipinski definition) is 0. The first kappa shape index (κ1) is 16.7. The molecule has 0 N–H and O–H groups in total. The molecule has 1 aromatic rings. The Morgan fingerprint density at radius 3 is 2.12 bits per heavy atom. The molecule has 0 aromatic heterocycles. The van der Waals surface area contributed by atoms with E-state index in [0.717, 1.165) is 50.3 Å². The zero-order valence-corrected chi connectivity index (χ0v) is 15.2. The number of carbonyl (C=O) groups excluding carboxylic acids is 1. The van der Waals surface area contributed by atoms with Gasteiger partial charge in [0.15, 0.2) is 0 Å². The smallest absolute Gasteiger partial charge is 0.229 e. The third-order valence-electron chi connectivity index (χ3n) is 6.65. The van der Waals surface area contributed by atoms with E-state index in [9.17, 15) is 4.79 Å². The van der Waals surface area contributed by atoms with E-state index in [2.05, 4.69) is 4.90 Å². The fourth-order valence-electron chi connectivity index (χ4n) is 4.65. The Hall–Kier alpha value is -1.71. The number of likely N-dealkylation sites (tertiary alicyclic amines) is 1. The van der Waals surface area contributed by atoms with E-state index in [1.54, 1.807) is 7.11 Å². The van der Waals surface area contributed by atoms with Crippen LogP contribution in [0.3, 0.4) is 0 Å². The Kier molecular flexibility index (Phi) is 4.61. The van der Waals surface area contributed by atoms with E-state index in [0.29, 0.717) is 11.8 Å². The molecule has 2 saturated carbocycles. The Labute approximate surface area is 150 Å². The maximum atomic E-state index is 13.1. The predicted molar refractivity (Wildman–Crippen MR) is 96.8 cm³/mol. The zero-order valence-electron chi connectivity index (χ0n) is 15.2. The van der Waals surface area contributed by atoms with Crippen molar-refractivity contribution >= 4 is 5.91 Å². The summed E-state index contributed by atoms with van der Waals surface area (Å²) < 4.78 is 11.3. The maximum absolute atomic E-state index is 13.1. The van der Waals surface area contributed by atoms with Gasteiger partial charge in [-0.3, -0.25) is 4.79 Å². The number of piperidine rings is 1. The number of carbonyl (C=O) groups is 1. The van der Waals surface area contributed by atoms with Crippen molar-refractivity contribution in [3.05, 3.63) is 24.3 Å². The standard InChI is InChI=1S/C21H29NO3/c1-24-17-6-8-18(9-7-17)25-19-10-14-22(15-11-19)20(23)21(12-3-13-21)16-4-2-5-16/h6-9,16,19H,2-5,10-15H2,1H3. The molecule has 1 aliphatic heterocycles. The Bertz CT molecular complexity index is 596. The lowest BCUT2D eigenvalue weighted by molar-refractivity contribution is -0.158. The van der Waals surface area contributed by atoms with Crippen LogP contribution >= 0.6 is 0 Å². The van der Waals surface area contributed by atoms with Crippen LogP contribution < -0.4 is 9.47 Å². The lowest BCUT2D eigenvalue weighted by Crippen LogP contribution is -2.55. The lowest BCUT2D eigenvalue weighted by atomic mass is 9.54. The molecule has 0 radical (unpaired) electrons. The van der Waals surface area contributed by atoms with Crippen molar-refractivity contribution in [3.63, 3.8) is 0 Å². The van der Waals surface area contributed by atoms with Crippen molar-refractivity contribution in [1.29, 1.82) is 0 Å². The normalized spacial score (nSPS) is 23.5. The minimum atomic E-state index is 0.0158. The molecule has 4 heteroatoms. The van der Waals surface area contributed by atoms with E-state index < -0.39 is 0 Å². The van der Waals surface area contributed by atoms with Crippen molar-refractivity contribution in [3.8, 4) is 11.5 Å². The molecule has 4 rings (SSSR count). The zero-order chi connectivity index (χ0) is 17.3. The lowest BCUT2D eigenvalue weighted by Gasteiger charge is -2.52. The van der Waals surface area contributed by atoms with Gasteiger partial charge in [-0.05, 0) is 55.9 Å². The van der Waals surface area contributed by atoms with E-state index >= 15 is 0 Å². The molecular weight excluding hydrogens is 314 g/mol. The molecule has 25 heavy (non-hydrogen) atoms. The minimum Gasteiger partial charge on any atom is -0.497 e. The SMILES string of the molecule is COc1ccc(OC2CCN(C(=O)C3(C4CCC4)CCC3)CC2)cc1. The van der Waals surface area contributed by atoms with Gasteiger partial charge in [-0.25, -0.2) is 0 Å². The van der Waals surface area contributed by atoms with Crippen molar-refractivity contribution in [1.82, 2.24) is 4.90 Å². The third kappa shape index (κ3) is 3.11. The average molecular weight is 343 g/mol. The summed E-state index contributed by atoms with van der Waals surface area (Å²) in [6.07, 6.45) is 9.40. The summed E-state index contributed by atoms with van der Waals surface area (Å²) in [7, 11) is 1.67. The van der Waals surface area contributed by atoms with Gasteiger partial charge in [-0.2, -0.15) is 0 Å². The van der Waals surface area contributed by atoms with Crippen LogP contribution in [-0.4, -0.2) is 37.1 Å². The van der Waals surface area contributed by atoms with Crippen LogP contribution in [0.1, 0.15) is 51.4 Å². The number of benzene rings is 1. The number of ether oxygens (including phenoxy) is 2. The minimum absolute atomic E-state index is 0.0158. The molecule has 1 heterocycles. The first-order valence-corrected chi connectivity index (χ1v) is 9.81. The van der Waals surface area contributed by atoms with Gasteiger partial charge >= 0.3 is 0 Å². The highest BCUT2D eigenvalue weighted by Crippen LogP contribution is 2.55. The quantitative estimate of drug-likeness (QED) is 0.810. The van der Waals surface area contributed by atoms with Gasteiger partial charge < -0.3 is 14.4 Å². The summed E-state index contributed by atoms with van der Waals surface area (Å²) in [5.41, 5.74) is 0.0158. The highest BCUT2D eigenvalue weighted by atomic mass is 16.5. The number of hydrogen-bond acceptors (Lipinski definition) is 3. The first-order valence-electron chi connectivity index (χ1n) is 9.81. The number of nitrogens with zero attached hydrogens (tertiary/aromatic N) is 1. The topological polar surface area (TPSA) is 38.8 Å². The average Bonchev–Trinajstić information content (AvgIpc) is 2.57. The second kappa shape index (κ2) is 6.89. The number of methoxy groups -OCH3 is 1. The molecule has 0 spiro atoms. The van der Waals surface area contributed by atoms with Crippen molar-refractivity contribution in [2.45, 2.75) is 57.5 Å². The molecule has 1 amide bonds. The van der Waals surface area contributed by atoms with Crippen molar-refractivity contribution in [2.75, 3.05) is 20.2 Å². The predicted octanol–water partition coefficient (Wildman–Crippen LogP) is 4.04. The summed E-state index contributed by atoms with van der Waals surface area (Å²) in [6, 6.07) is 7.76. The summed E-state index contributed by atoms with van der Waals surface area (Å²) in [6.45, 7) is 1.68. The van der Waals surface area contributed by atoms with Gasteiger partial charge in [0.2, 0.25) is 5.91 Å². The highest BCUT2D eigenvalue weighted by molar-refractivity contribution is 5.84. The van der Waals surface area contributed by atoms with Crippen molar-refractivity contribution in [2.24, 2.45) is 11.3 Å². The summed E-state index contributed by atoms with van der Waals surface area (Å²) >= 11 is 0. The molecule has 0 unspecified atom stereocenters. The summed E-state index contributed by atoms with van der Waals surface area (Å²) in [5, 5.41) is 0. The van der Waals surface area contributed by atoms with Crippen LogP contribution in [0.4, 0.5) is 0 Å². The molecule has 1 saturated heterocycles. The molecule has 1 aromatic carbocycles. The fourth-order valence-corrected chi connectivity index (χ4v) is 4.65. The van der Waals surface area contributed by atoms with Crippen LogP contribution in [0.15, 0.2) is 24.3 Å². The van der Waals surface area contributed by atoms with Gasteiger partial charge in [0.25, 0.3) is 0 Å². The molecule has 3 fully saturated rings. The van der Waals surface area contributed by atoms with Gasteiger partial charge in [0, 0.05) is 25.9 Å². The van der Waals surface area contributed by atoms with Crippen LogP contribution in [0.5, 0.6) is 11.5 Å². The second-order valence-electron chi connectivity index (χ2n) is 7.92. The van der Waals surface area contributed by atoms with E-state index in [1.807, 2.05) is 24.3 Å². The van der Waals surface area contributed by atoms with Gasteiger partial charge in [-0.15, -0.1) is 0 Å². The van der Waals surface area contributed by atoms with Crippen LogP contribution in [0, 0.1) is 11.3 Å². The Balaban J connectivity index is 1.31. The first-order chi connectivity index (χ1) is 12.2. The molecule has 0 atom stereocenters. The van der Waals surface area contributed by atoms with Crippen LogP contribution in [0.25, 0.3) is 0 Å². The largest absolute Gasteiger partial charge is 0.497 e. The second-order valence-corrected chi connectivity index (χ2v) is 7.92. The molecule has 3 aliphatic rings. The van der Waals surface area contributed by atoms with Gasteiger partial charge in [0.05, 0.1) is 12.5 Å². The maximum Gasteiger partial charge on any atom is 0.229 e. The van der Waals surface area contributed by atoms with Gasteiger partial charge in [0.1, 0.15) is 17.6 Å². The third-order valence-corrected chi connectivity index (χ3v) is 6.65. The fraction of sp³-hybridized carbons (Fsp3) is 0.667. The number of amides is 1. The summed E-state index contributed by atoms with van der Waals surface area (Å²) in [4.78, 5) is 15.3. The Morgan fingerprint density at radius 1 is 1.00 bits per heavy atom. The molecule has 2 aliphatic carbocycles. The van der Waals surface area contributed by atoms with E-state index in [4.69, 9.17) is 9.47 Å². The summed E-state index contributed by atoms with van der Waals surface area (Å²) in [5.74, 6) is 2.85. The monoisotopic (exact) mass is 343 g/mol. The number of rotatable bonds is 5. The molecule has 4 nitrogen and oxygen atoms in total. The Morgan fingerprint density at radius 2 is 1.64 bits per heavy atom. The van der Waals surface area contributed by atoms with Gasteiger partial charge in [-0.1, -0.05) is 12.8 Å². The van der Waals surface area contributed by atoms with E-state index in [1.165, 1.54) is 25.7 Å². The van der Waals surface area contributed by atoms with Crippen LogP contribution in [0.2, 0.25) is 0 Å². The molecular formula is C21H29NO3.